The van der Waals surface area contributed by atoms with Crippen LogP contribution in [0.5, 0.6) is 5.75 Å². The van der Waals surface area contributed by atoms with Crippen molar-refractivity contribution < 1.29 is 13.9 Å². The summed E-state index contributed by atoms with van der Waals surface area (Å²) >= 11 is 0. The number of methoxy groups -OCH3 is 1. The molecule has 1 aromatic carbocycles. The number of carbonyl (C=O) groups excluding carboxylic acids is 1. The van der Waals surface area contributed by atoms with Crippen molar-refractivity contribution in [2.45, 2.75) is 27.7 Å². The minimum atomic E-state index is -0.151. The first-order valence-corrected chi connectivity index (χ1v) is 7.55. The fourth-order valence-corrected chi connectivity index (χ4v) is 2.67. The fourth-order valence-electron chi connectivity index (χ4n) is 2.67. The molecule has 122 valence electrons. The van der Waals surface area contributed by atoms with Crippen molar-refractivity contribution in [1.29, 1.82) is 0 Å². The van der Waals surface area contributed by atoms with Gasteiger partial charge in [0, 0.05) is 29.1 Å². The molecule has 2 rings (SSSR count). The molecule has 2 aromatic rings. The zero-order valence-corrected chi connectivity index (χ0v) is 14.4. The minimum Gasteiger partial charge on any atom is -0.496 e. The number of aryl methyl sites for hydroxylation is 3. The van der Waals surface area contributed by atoms with Crippen LogP contribution in [-0.4, -0.2) is 19.6 Å². The summed E-state index contributed by atoms with van der Waals surface area (Å²) < 4.78 is 11.4. The largest absolute Gasteiger partial charge is 0.496 e. The first-order valence-electron chi connectivity index (χ1n) is 7.55. The van der Waals surface area contributed by atoms with E-state index in [1.807, 2.05) is 33.8 Å². The first-order chi connectivity index (χ1) is 10.9. The lowest BCUT2D eigenvalue weighted by Crippen LogP contribution is -2.20. The second-order valence-corrected chi connectivity index (χ2v) is 5.60. The van der Waals surface area contributed by atoms with Gasteiger partial charge in [0.2, 0.25) is 5.91 Å². The molecule has 0 saturated heterocycles. The summed E-state index contributed by atoms with van der Waals surface area (Å²) in [6.45, 7) is 11.9. The summed E-state index contributed by atoms with van der Waals surface area (Å²) in [4.78, 5) is 11.9. The molecule has 4 nitrogen and oxygen atoms in total. The molecule has 0 aliphatic rings. The van der Waals surface area contributed by atoms with Crippen LogP contribution in [0.4, 0.5) is 0 Å². The maximum atomic E-state index is 11.9. The van der Waals surface area contributed by atoms with Crippen molar-refractivity contribution in [3.63, 3.8) is 0 Å². The van der Waals surface area contributed by atoms with Gasteiger partial charge in [-0.2, -0.15) is 0 Å². The van der Waals surface area contributed by atoms with Crippen LogP contribution >= 0.6 is 0 Å². The Morgan fingerprint density at radius 3 is 2.65 bits per heavy atom. The Morgan fingerprint density at radius 2 is 2.04 bits per heavy atom. The highest BCUT2D eigenvalue weighted by molar-refractivity contribution is 5.98. The van der Waals surface area contributed by atoms with Gasteiger partial charge in [-0.3, -0.25) is 4.79 Å². The molecular formula is C19H23NO3. The van der Waals surface area contributed by atoms with Crippen molar-refractivity contribution in [2.24, 2.45) is 0 Å². The van der Waals surface area contributed by atoms with Crippen LogP contribution in [0, 0.1) is 20.8 Å². The van der Waals surface area contributed by atoms with E-state index in [0.29, 0.717) is 6.54 Å². The van der Waals surface area contributed by atoms with E-state index in [0.717, 1.165) is 44.7 Å². The van der Waals surface area contributed by atoms with Crippen LogP contribution in [0.3, 0.4) is 0 Å². The molecule has 0 aliphatic heterocycles. The summed E-state index contributed by atoms with van der Waals surface area (Å²) in [7, 11) is 1.63. The van der Waals surface area contributed by atoms with Gasteiger partial charge in [0.1, 0.15) is 17.1 Å². The van der Waals surface area contributed by atoms with Crippen LogP contribution < -0.4 is 10.1 Å². The monoisotopic (exact) mass is 313 g/mol. The fraction of sp³-hybridized carbons (Fsp3) is 0.316. The Labute approximate surface area is 136 Å². The quantitative estimate of drug-likeness (QED) is 0.668. The number of amides is 1. The Hall–Kier alpha value is -2.49. The van der Waals surface area contributed by atoms with Crippen molar-refractivity contribution in [2.75, 3.05) is 13.7 Å². The number of benzene rings is 1. The third kappa shape index (κ3) is 3.16. The molecular weight excluding hydrogens is 290 g/mol. The van der Waals surface area contributed by atoms with E-state index in [9.17, 15) is 4.79 Å². The minimum absolute atomic E-state index is 0.151. The third-order valence-corrected chi connectivity index (χ3v) is 4.04. The standard InChI is InChI=1S/C19H23NO3/c1-7-8-20-17(21)9-11(2)15-10-16-12(3)14(5)23-19(16)13(4)18(15)22-6/h7,9-10H,1,8H2,2-6H3,(H,20,21)/b11-9+. The molecule has 0 fully saturated rings. The summed E-state index contributed by atoms with van der Waals surface area (Å²) in [6.07, 6.45) is 3.23. The van der Waals surface area contributed by atoms with Gasteiger partial charge in [-0.15, -0.1) is 6.58 Å². The molecule has 0 radical (unpaired) electrons. The highest BCUT2D eigenvalue weighted by Crippen LogP contribution is 2.38. The van der Waals surface area contributed by atoms with E-state index >= 15 is 0 Å². The zero-order valence-electron chi connectivity index (χ0n) is 14.4. The van der Waals surface area contributed by atoms with Gasteiger partial charge < -0.3 is 14.5 Å². The number of rotatable bonds is 5. The second kappa shape index (κ2) is 6.73. The predicted molar refractivity (Wildman–Crippen MR) is 93.8 cm³/mol. The number of hydrogen-bond donors (Lipinski definition) is 1. The zero-order chi connectivity index (χ0) is 17.1. The summed E-state index contributed by atoms with van der Waals surface area (Å²) in [5, 5.41) is 3.80. The topological polar surface area (TPSA) is 51.5 Å². The average Bonchev–Trinajstić information content (AvgIpc) is 2.81. The molecule has 0 spiro atoms. The van der Waals surface area contributed by atoms with Gasteiger partial charge in [-0.05, 0) is 44.9 Å². The lowest BCUT2D eigenvalue weighted by Gasteiger charge is -2.13. The van der Waals surface area contributed by atoms with Gasteiger partial charge in [-0.1, -0.05) is 6.08 Å². The van der Waals surface area contributed by atoms with Crippen molar-refractivity contribution >= 4 is 22.4 Å². The maximum absolute atomic E-state index is 11.9. The van der Waals surface area contributed by atoms with Crippen molar-refractivity contribution in [3.05, 3.63) is 47.2 Å². The Morgan fingerprint density at radius 1 is 1.35 bits per heavy atom. The lowest BCUT2D eigenvalue weighted by atomic mass is 9.98. The Bertz CT molecular complexity index is 797. The normalized spacial score (nSPS) is 11.6. The summed E-state index contributed by atoms with van der Waals surface area (Å²) in [6, 6.07) is 2.03. The van der Waals surface area contributed by atoms with Crippen LogP contribution in [0.25, 0.3) is 16.5 Å². The van der Waals surface area contributed by atoms with E-state index in [2.05, 4.69) is 11.9 Å². The summed E-state index contributed by atoms with van der Waals surface area (Å²) in [5.74, 6) is 1.48. The predicted octanol–water partition coefficient (Wildman–Crippen LogP) is 4.07. The number of fused-ring (bicyclic) bond motifs is 1. The van der Waals surface area contributed by atoms with E-state index < -0.39 is 0 Å². The lowest BCUT2D eigenvalue weighted by molar-refractivity contribution is -0.116. The highest BCUT2D eigenvalue weighted by Gasteiger charge is 2.18. The number of nitrogens with one attached hydrogen (secondary N) is 1. The van der Waals surface area contributed by atoms with E-state index in [4.69, 9.17) is 9.15 Å². The number of ether oxygens (including phenoxy) is 1. The van der Waals surface area contributed by atoms with Crippen molar-refractivity contribution in [1.82, 2.24) is 5.32 Å². The van der Waals surface area contributed by atoms with Crippen LogP contribution in [0.15, 0.2) is 29.2 Å². The SMILES string of the molecule is C=CCNC(=O)/C=C(\C)c1cc2c(C)c(C)oc2c(C)c1OC. The molecule has 4 heteroatoms. The van der Waals surface area contributed by atoms with Gasteiger partial charge in [0.05, 0.1) is 7.11 Å². The van der Waals surface area contributed by atoms with Gasteiger partial charge in [0.15, 0.2) is 0 Å². The molecule has 0 aliphatic carbocycles. The molecule has 0 unspecified atom stereocenters. The molecule has 1 heterocycles. The number of allylic oxidation sites excluding steroid dienone is 1. The van der Waals surface area contributed by atoms with E-state index in [-0.39, 0.29) is 5.91 Å². The van der Waals surface area contributed by atoms with Crippen LogP contribution in [0.1, 0.15) is 29.4 Å². The third-order valence-electron chi connectivity index (χ3n) is 4.04. The number of furan rings is 1. The second-order valence-electron chi connectivity index (χ2n) is 5.60. The molecule has 0 bridgehead atoms. The van der Waals surface area contributed by atoms with Crippen LogP contribution in [-0.2, 0) is 4.79 Å². The average molecular weight is 313 g/mol. The molecule has 0 atom stereocenters. The smallest absolute Gasteiger partial charge is 0.244 e. The number of carbonyl (C=O) groups is 1. The summed E-state index contributed by atoms with van der Waals surface area (Å²) in [5.41, 5.74) is 4.62. The highest BCUT2D eigenvalue weighted by atomic mass is 16.5. The van der Waals surface area contributed by atoms with E-state index in [1.54, 1.807) is 19.3 Å². The van der Waals surface area contributed by atoms with Crippen molar-refractivity contribution in [3.8, 4) is 5.75 Å². The molecule has 1 amide bonds. The molecule has 23 heavy (non-hydrogen) atoms. The first kappa shape index (κ1) is 16.9. The van der Waals surface area contributed by atoms with Gasteiger partial charge in [0.25, 0.3) is 0 Å². The molecule has 0 saturated carbocycles. The Kier molecular flexibility index (Phi) is 4.94. The van der Waals surface area contributed by atoms with Gasteiger partial charge in [-0.25, -0.2) is 0 Å². The maximum Gasteiger partial charge on any atom is 0.244 e. The van der Waals surface area contributed by atoms with Gasteiger partial charge >= 0.3 is 0 Å². The molecule has 1 N–H and O–H groups in total. The molecule has 1 aromatic heterocycles. The number of hydrogen-bond acceptors (Lipinski definition) is 3. The Balaban J connectivity index is 2.59. The van der Waals surface area contributed by atoms with Crippen LogP contribution in [0.2, 0.25) is 0 Å². The van der Waals surface area contributed by atoms with E-state index in [1.165, 1.54) is 0 Å².